The highest BCUT2D eigenvalue weighted by molar-refractivity contribution is 6.43. The van der Waals surface area contributed by atoms with E-state index in [0.29, 0.717) is 26.2 Å². The summed E-state index contributed by atoms with van der Waals surface area (Å²) in [7, 11) is 0. The van der Waals surface area contributed by atoms with Gasteiger partial charge in [0.25, 0.3) is 0 Å². The molecule has 0 bridgehead atoms. The summed E-state index contributed by atoms with van der Waals surface area (Å²) in [6.45, 7) is 0. The second kappa shape index (κ2) is 4.99. The summed E-state index contributed by atoms with van der Waals surface area (Å²) in [5.41, 5.74) is 0.815. The first-order chi connectivity index (χ1) is 8.00. The largest absolute Gasteiger partial charge is 0.232 e. The van der Waals surface area contributed by atoms with Crippen molar-refractivity contribution in [3.8, 4) is 11.1 Å². The Balaban J connectivity index is 2.73. The summed E-state index contributed by atoms with van der Waals surface area (Å²) >= 11 is 23.7. The zero-order valence-corrected chi connectivity index (χ0v) is 11.2. The average molecular weight is 311 g/mol. The summed E-state index contributed by atoms with van der Waals surface area (Å²) in [6, 6.07) is 4.56. The molecule has 1 aromatic carbocycles. The van der Waals surface area contributed by atoms with Crippen LogP contribution in [0.4, 0.5) is 4.39 Å². The Morgan fingerprint density at radius 3 is 2.18 bits per heavy atom. The molecule has 88 valence electrons. The van der Waals surface area contributed by atoms with E-state index in [0.717, 1.165) is 0 Å². The van der Waals surface area contributed by atoms with Crippen molar-refractivity contribution in [1.82, 2.24) is 4.98 Å². The molecule has 0 atom stereocenters. The van der Waals surface area contributed by atoms with Crippen LogP contribution in [0.25, 0.3) is 11.1 Å². The number of nitrogens with zero attached hydrogens (tertiary/aromatic N) is 1. The van der Waals surface area contributed by atoms with Crippen LogP contribution in [0.3, 0.4) is 0 Å². The maximum Gasteiger partial charge on any atom is 0.232 e. The second-order valence-corrected chi connectivity index (χ2v) is 4.84. The molecule has 17 heavy (non-hydrogen) atoms. The van der Waals surface area contributed by atoms with Crippen LogP contribution < -0.4 is 0 Å². The number of pyridine rings is 1. The van der Waals surface area contributed by atoms with Gasteiger partial charge < -0.3 is 0 Å². The molecule has 1 heterocycles. The van der Waals surface area contributed by atoms with Crippen LogP contribution in [0.5, 0.6) is 0 Å². The number of benzene rings is 1. The monoisotopic (exact) mass is 309 g/mol. The standard InChI is InChI=1S/C11H4Cl4FN/c12-5-3-7(13)9(8(14)4-5)6-1-2-17-11(16)10(6)15/h1-4H. The number of rotatable bonds is 1. The maximum absolute atomic E-state index is 13.3. The van der Waals surface area contributed by atoms with Crippen LogP contribution in [0, 0.1) is 5.95 Å². The Morgan fingerprint density at radius 1 is 1.00 bits per heavy atom. The van der Waals surface area contributed by atoms with Gasteiger partial charge in [0.05, 0.1) is 10.0 Å². The number of aromatic nitrogens is 1. The first kappa shape index (κ1) is 12.9. The first-order valence-electron chi connectivity index (χ1n) is 4.45. The lowest BCUT2D eigenvalue weighted by Gasteiger charge is -2.09. The van der Waals surface area contributed by atoms with E-state index in [9.17, 15) is 4.39 Å². The van der Waals surface area contributed by atoms with E-state index in [4.69, 9.17) is 46.4 Å². The van der Waals surface area contributed by atoms with Crippen LogP contribution in [0.1, 0.15) is 0 Å². The molecule has 6 heteroatoms. The fraction of sp³-hybridized carbons (Fsp3) is 0. The molecule has 0 amide bonds. The molecule has 0 aliphatic rings. The van der Waals surface area contributed by atoms with Gasteiger partial charge in [-0.25, -0.2) is 4.98 Å². The SMILES string of the molecule is Fc1nccc(-c2c(Cl)cc(Cl)cc2Cl)c1Cl. The van der Waals surface area contributed by atoms with Gasteiger partial charge in [0, 0.05) is 22.3 Å². The number of hydrogen-bond donors (Lipinski definition) is 0. The van der Waals surface area contributed by atoms with E-state index < -0.39 is 5.95 Å². The lowest BCUT2D eigenvalue weighted by Crippen LogP contribution is -1.89. The van der Waals surface area contributed by atoms with Crippen molar-refractivity contribution < 1.29 is 4.39 Å². The summed E-state index contributed by atoms with van der Waals surface area (Å²) in [4.78, 5) is 3.43. The minimum Gasteiger partial charge on any atom is -0.227 e. The van der Waals surface area contributed by atoms with Crippen molar-refractivity contribution in [2.75, 3.05) is 0 Å². The topological polar surface area (TPSA) is 12.9 Å². The fourth-order valence-electron chi connectivity index (χ4n) is 1.41. The minimum atomic E-state index is -0.772. The van der Waals surface area contributed by atoms with Gasteiger partial charge in [0.1, 0.15) is 5.02 Å². The van der Waals surface area contributed by atoms with Gasteiger partial charge in [-0.15, -0.1) is 0 Å². The third-order valence-corrected chi connectivity index (χ3v) is 3.30. The molecule has 0 N–H and O–H groups in total. The van der Waals surface area contributed by atoms with Gasteiger partial charge in [-0.3, -0.25) is 0 Å². The molecule has 0 saturated carbocycles. The maximum atomic E-state index is 13.3. The van der Waals surface area contributed by atoms with Crippen molar-refractivity contribution in [3.63, 3.8) is 0 Å². The first-order valence-corrected chi connectivity index (χ1v) is 5.97. The summed E-state index contributed by atoms with van der Waals surface area (Å²) < 4.78 is 13.3. The Labute approximate surface area is 117 Å². The van der Waals surface area contributed by atoms with Crippen LogP contribution >= 0.6 is 46.4 Å². The van der Waals surface area contributed by atoms with Crippen molar-refractivity contribution in [2.45, 2.75) is 0 Å². The van der Waals surface area contributed by atoms with Crippen molar-refractivity contribution in [2.24, 2.45) is 0 Å². The smallest absolute Gasteiger partial charge is 0.227 e. The lowest BCUT2D eigenvalue weighted by molar-refractivity contribution is 0.585. The molecule has 2 rings (SSSR count). The highest BCUT2D eigenvalue weighted by atomic mass is 35.5. The molecular weight excluding hydrogens is 307 g/mol. The Kier molecular flexibility index (Phi) is 3.79. The van der Waals surface area contributed by atoms with E-state index >= 15 is 0 Å². The Morgan fingerprint density at radius 2 is 1.59 bits per heavy atom. The number of hydrogen-bond acceptors (Lipinski definition) is 1. The summed E-state index contributed by atoms with van der Waals surface area (Å²) in [6.07, 6.45) is 1.29. The third kappa shape index (κ3) is 2.50. The molecule has 0 spiro atoms. The molecule has 0 aliphatic heterocycles. The van der Waals surface area contributed by atoms with Gasteiger partial charge in [-0.2, -0.15) is 4.39 Å². The van der Waals surface area contributed by atoms with Crippen LogP contribution in [0.15, 0.2) is 24.4 Å². The summed E-state index contributed by atoms with van der Waals surface area (Å²) in [5, 5.41) is 0.873. The Bertz CT molecular complexity index is 563. The molecular formula is C11H4Cl4FN. The van der Waals surface area contributed by atoms with Gasteiger partial charge >= 0.3 is 0 Å². The molecule has 2 aromatic rings. The van der Waals surface area contributed by atoms with Gasteiger partial charge in [-0.1, -0.05) is 46.4 Å². The zero-order chi connectivity index (χ0) is 12.6. The van der Waals surface area contributed by atoms with E-state index in [-0.39, 0.29) is 5.02 Å². The van der Waals surface area contributed by atoms with Crippen LogP contribution in [0.2, 0.25) is 20.1 Å². The molecule has 1 aromatic heterocycles. The molecule has 1 nitrogen and oxygen atoms in total. The highest BCUT2D eigenvalue weighted by Crippen LogP contribution is 2.40. The van der Waals surface area contributed by atoms with Gasteiger partial charge in [-0.05, 0) is 18.2 Å². The van der Waals surface area contributed by atoms with Crippen molar-refractivity contribution in [3.05, 3.63) is 50.4 Å². The molecule has 0 radical (unpaired) electrons. The predicted molar refractivity (Wildman–Crippen MR) is 69.7 cm³/mol. The number of halogens is 5. The quantitative estimate of drug-likeness (QED) is 0.634. The molecule has 0 aliphatic carbocycles. The van der Waals surface area contributed by atoms with Crippen molar-refractivity contribution >= 4 is 46.4 Å². The Hall–Kier alpha value is -0.540. The lowest BCUT2D eigenvalue weighted by atomic mass is 10.1. The molecule has 0 saturated heterocycles. The van der Waals surface area contributed by atoms with Crippen molar-refractivity contribution in [1.29, 1.82) is 0 Å². The van der Waals surface area contributed by atoms with E-state index in [1.165, 1.54) is 24.4 Å². The molecule has 0 unspecified atom stereocenters. The minimum absolute atomic E-state index is 0.126. The third-order valence-electron chi connectivity index (χ3n) is 2.12. The average Bonchev–Trinajstić information content (AvgIpc) is 2.23. The van der Waals surface area contributed by atoms with E-state index in [1.54, 1.807) is 0 Å². The van der Waals surface area contributed by atoms with Gasteiger partial charge in [0.15, 0.2) is 0 Å². The fourth-order valence-corrected chi connectivity index (χ4v) is 2.64. The predicted octanol–water partition coefficient (Wildman–Crippen LogP) is 5.50. The zero-order valence-electron chi connectivity index (χ0n) is 8.15. The van der Waals surface area contributed by atoms with E-state index in [2.05, 4.69) is 4.98 Å². The molecule has 0 fully saturated rings. The normalized spacial score (nSPS) is 10.6. The highest BCUT2D eigenvalue weighted by Gasteiger charge is 2.15. The van der Waals surface area contributed by atoms with Crippen LogP contribution in [-0.2, 0) is 0 Å². The summed E-state index contributed by atoms with van der Waals surface area (Å²) in [5.74, 6) is -0.772. The van der Waals surface area contributed by atoms with E-state index in [1.807, 2.05) is 0 Å². The van der Waals surface area contributed by atoms with Crippen LogP contribution in [-0.4, -0.2) is 4.98 Å². The van der Waals surface area contributed by atoms with Gasteiger partial charge in [0.2, 0.25) is 5.95 Å². The second-order valence-electron chi connectivity index (χ2n) is 3.21.